The average molecular weight is 621 g/mol. The van der Waals surface area contributed by atoms with Crippen LogP contribution in [-0.2, 0) is 21.4 Å². The molecule has 0 radical (unpaired) electrons. The number of pyridine rings is 2. The van der Waals surface area contributed by atoms with Gasteiger partial charge in [-0.1, -0.05) is 55.2 Å². The van der Waals surface area contributed by atoms with Crippen molar-refractivity contribution in [1.82, 2.24) is 24.2 Å². The molecule has 1 amide bonds. The first kappa shape index (κ1) is 29.6. The quantitative estimate of drug-likeness (QED) is 0.266. The van der Waals surface area contributed by atoms with Crippen LogP contribution in [0.1, 0.15) is 49.1 Å². The number of fused-ring (bicyclic) bond motifs is 1. The zero-order chi connectivity index (χ0) is 29.8. The molecule has 2 fully saturated rings. The summed E-state index contributed by atoms with van der Waals surface area (Å²) in [7, 11) is -2.08. The van der Waals surface area contributed by atoms with E-state index < -0.39 is 15.9 Å². The Hall–Kier alpha value is -3.45. The standard InChI is InChI=1S/C31H36N6O4S2/c1-41-28-13-12-27-30(34-28)42-31(33-27)35-29(38)26(19-22-5-2-3-6-22)24-8-10-25(11-9-24)43(39,40)37-17-15-36(16-18-37)21-23-7-4-14-32-20-23/h4,7-14,20,22,26H,2-3,5-6,15-19,21H2,1H3,(H,33,35,38). The molecule has 0 spiro atoms. The van der Waals surface area contributed by atoms with Gasteiger partial charge in [0.2, 0.25) is 21.8 Å². The first-order valence-electron chi connectivity index (χ1n) is 14.7. The lowest BCUT2D eigenvalue weighted by molar-refractivity contribution is -0.118. The van der Waals surface area contributed by atoms with Crippen LogP contribution in [0, 0.1) is 5.92 Å². The molecule has 1 saturated heterocycles. The summed E-state index contributed by atoms with van der Waals surface area (Å²) in [4.78, 5) is 30.0. The number of rotatable bonds is 10. The smallest absolute Gasteiger partial charge is 0.243 e. The molecule has 1 aliphatic heterocycles. The minimum atomic E-state index is -3.64. The lowest BCUT2D eigenvalue weighted by Crippen LogP contribution is -2.48. The molecule has 43 heavy (non-hydrogen) atoms. The number of amides is 1. The number of sulfonamides is 1. The molecule has 1 aliphatic carbocycles. The highest BCUT2D eigenvalue weighted by molar-refractivity contribution is 7.89. The second-order valence-electron chi connectivity index (χ2n) is 11.2. The molecule has 12 heteroatoms. The third-order valence-corrected chi connectivity index (χ3v) is 11.2. The molecule has 4 heterocycles. The highest BCUT2D eigenvalue weighted by Gasteiger charge is 2.31. The third kappa shape index (κ3) is 6.87. The van der Waals surface area contributed by atoms with Gasteiger partial charge in [0.05, 0.1) is 17.9 Å². The topological polar surface area (TPSA) is 118 Å². The van der Waals surface area contributed by atoms with Crippen molar-refractivity contribution < 1.29 is 17.9 Å². The molecular weight excluding hydrogens is 585 g/mol. The summed E-state index contributed by atoms with van der Waals surface area (Å²) in [6, 6.07) is 14.4. The summed E-state index contributed by atoms with van der Waals surface area (Å²) >= 11 is 1.31. The minimum Gasteiger partial charge on any atom is -0.481 e. The number of hydrogen-bond acceptors (Lipinski definition) is 9. The maximum Gasteiger partial charge on any atom is 0.243 e. The number of ether oxygens (including phenoxy) is 1. The van der Waals surface area contributed by atoms with Gasteiger partial charge in [0, 0.05) is 51.2 Å². The second-order valence-corrected chi connectivity index (χ2v) is 14.2. The van der Waals surface area contributed by atoms with Crippen molar-refractivity contribution in [2.75, 3.05) is 38.6 Å². The Labute approximate surface area is 256 Å². The maximum absolute atomic E-state index is 13.7. The van der Waals surface area contributed by atoms with Crippen molar-refractivity contribution in [2.45, 2.75) is 49.5 Å². The van der Waals surface area contributed by atoms with Crippen LogP contribution >= 0.6 is 11.3 Å². The molecular formula is C31H36N6O4S2. The molecule has 1 N–H and O–H groups in total. The van der Waals surface area contributed by atoms with E-state index in [2.05, 4.69) is 25.2 Å². The first-order chi connectivity index (χ1) is 20.9. The van der Waals surface area contributed by atoms with Gasteiger partial charge in [-0.25, -0.2) is 18.4 Å². The molecule has 1 unspecified atom stereocenters. The van der Waals surface area contributed by atoms with E-state index in [1.165, 1.54) is 24.2 Å². The number of thiazole rings is 1. The molecule has 10 nitrogen and oxygen atoms in total. The van der Waals surface area contributed by atoms with Gasteiger partial charge < -0.3 is 10.1 Å². The molecule has 6 rings (SSSR count). The fourth-order valence-corrected chi connectivity index (χ4v) is 8.29. The van der Waals surface area contributed by atoms with E-state index in [-0.39, 0.29) is 10.8 Å². The average Bonchev–Trinajstić information content (AvgIpc) is 3.70. The predicted molar refractivity (Wildman–Crippen MR) is 167 cm³/mol. The summed E-state index contributed by atoms with van der Waals surface area (Å²) in [6.45, 7) is 2.93. The van der Waals surface area contributed by atoms with Crippen LogP contribution < -0.4 is 10.1 Å². The number of hydrogen-bond donors (Lipinski definition) is 1. The number of benzene rings is 1. The molecule has 0 bridgehead atoms. The fourth-order valence-electron chi connectivity index (χ4n) is 6.03. The number of nitrogens with zero attached hydrogens (tertiary/aromatic N) is 5. The predicted octanol–water partition coefficient (Wildman–Crippen LogP) is 4.90. The van der Waals surface area contributed by atoms with Crippen LogP contribution in [0.5, 0.6) is 5.88 Å². The zero-order valence-electron chi connectivity index (χ0n) is 24.2. The zero-order valence-corrected chi connectivity index (χ0v) is 25.8. The van der Waals surface area contributed by atoms with E-state index in [1.807, 2.05) is 24.4 Å². The van der Waals surface area contributed by atoms with Gasteiger partial charge in [-0.2, -0.15) is 4.31 Å². The number of aromatic nitrogens is 3. The van der Waals surface area contributed by atoms with E-state index in [0.29, 0.717) is 59.9 Å². The number of methoxy groups -OCH3 is 1. The second kappa shape index (κ2) is 13.0. The Balaban J connectivity index is 1.15. The Bertz CT molecular complexity index is 1650. The largest absolute Gasteiger partial charge is 0.481 e. The number of carbonyl (C=O) groups is 1. The SMILES string of the molecule is COc1ccc2nc(NC(=O)C(CC3CCCC3)c3ccc(S(=O)(=O)N4CCN(Cc5cccnc5)CC4)cc3)sc2n1. The number of nitrogens with one attached hydrogen (secondary N) is 1. The molecule has 1 atom stereocenters. The van der Waals surface area contributed by atoms with Crippen LogP contribution in [0.25, 0.3) is 10.3 Å². The van der Waals surface area contributed by atoms with E-state index in [9.17, 15) is 13.2 Å². The van der Waals surface area contributed by atoms with Crippen molar-refractivity contribution in [3.63, 3.8) is 0 Å². The van der Waals surface area contributed by atoms with E-state index >= 15 is 0 Å². The summed E-state index contributed by atoms with van der Waals surface area (Å²) in [5.74, 6) is 0.404. The molecule has 1 saturated carbocycles. The van der Waals surface area contributed by atoms with Crippen LogP contribution in [0.2, 0.25) is 0 Å². The van der Waals surface area contributed by atoms with Crippen molar-refractivity contribution in [2.24, 2.45) is 5.92 Å². The third-order valence-electron chi connectivity index (χ3n) is 8.41. The molecule has 3 aromatic heterocycles. The summed E-state index contributed by atoms with van der Waals surface area (Å²) in [6.07, 6.45) is 8.88. The Morgan fingerprint density at radius 3 is 2.51 bits per heavy atom. The molecule has 1 aromatic carbocycles. The Morgan fingerprint density at radius 2 is 1.81 bits per heavy atom. The van der Waals surface area contributed by atoms with Crippen molar-refractivity contribution in [1.29, 1.82) is 0 Å². The van der Waals surface area contributed by atoms with Gasteiger partial charge in [0.15, 0.2) is 5.13 Å². The highest BCUT2D eigenvalue weighted by Crippen LogP contribution is 2.36. The minimum absolute atomic E-state index is 0.140. The van der Waals surface area contributed by atoms with Gasteiger partial charge in [-0.3, -0.25) is 14.7 Å². The van der Waals surface area contributed by atoms with Crippen LogP contribution in [0.3, 0.4) is 0 Å². The highest BCUT2D eigenvalue weighted by atomic mass is 32.2. The maximum atomic E-state index is 13.7. The summed E-state index contributed by atoms with van der Waals surface area (Å²) in [5.41, 5.74) is 2.62. The Kier molecular flexibility index (Phi) is 8.98. The fraction of sp³-hybridized carbons (Fsp3) is 0.419. The number of piperazine rings is 1. The van der Waals surface area contributed by atoms with Crippen molar-refractivity contribution >= 4 is 42.7 Å². The lowest BCUT2D eigenvalue weighted by Gasteiger charge is -2.34. The van der Waals surface area contributed by atoms with Crippen LogP contribution in [0.15, 0.2) is 65.8 Å². The van der Waals surface area contributed by atoms with Crippen LogP contribution in [-0.4, -0.2) is 71.8 Å². The van der Waals surface area contributed by atoms with E-state index in [1.54, 1.807) is 47.9 Å². The molecule has 2 aliphatic rings. The first-order valence-corrected chi connectivity index (χ1v) is 17.0. The van der Waals surface area contributed by atoms with Gasteiger partial charge in [0.1, 0.15) is 10.3 Å². The summed E-state index contributed by atoms with van der Waals surface area (Å²) in [5, 5.41) is 3.50. The van der Waals surface area contributed by atoms with E-state index in [0.717, 1.165) is 30.5 Å². The monoisotopic (exact) mass is 620 g/mol. The number of anilines is 1. The van der Waals surface area contributed by atoms with Crippen molar-refractivity contribution in [3.8, 4) is 5.88 Å². The normalized spacial score (nSPS) is 17.7. The van der Waals surface area contributed by atoms with Gasteiger partial charge in [-0.05, 0) is 47.7 Å². The van der Waals surface area contributed by atoms with Crippen LogP contribution in [0.4, 0.5) is 5.13 Å². The molecule has 4 aromatic rings. The summed E-state index contributed by atoms with van der Waals surface area (Å²) < 4.78 is 33.8. The van der Waals surface area contributed by atoms with Gasteiger partial charge >= 0.3 is 0 Å². The van der Waals surface area contributed by atoms with Gasteiger partial charge in [-0.15, -0.1) is 0 Å². The lowest BCUT2D eigenvalue weighted by atomic mass is 9.87. The Morgan fingerprint density at radius 1 is 1.05 bits per heavy atom. The van der Waals surface area contributed by atoms with Gasteiger partial charge in [0.25, 0.3) is 0 Å². The molecule has 226 valence electrons. The van der Waals surface area contributed by atoms with E-state index in [4.69, 9.17) is 4.74 Å². The number of carbonyl (C=O) groups excluding carboxylic acids is 1. The van der Waals surface area contributed by atoms with Crippen molar-refractivity contribution in [3.05, 3.63) is 72.1 Å².